The van der Waals surface area contributed by atoms with Crippen LogP contribution in [0.1, 0.15) is 19.3 Å². The molecule has 1 fully saturated rings. The van der Waals surface area contributed by atoms with E-state index in [2.05, 4.69) is 4.74 Å². The minimum atomic E-state index is 0.122. The summed E-state index contributed by atoms with van der Waals surface area (Å²) in [6.45, 7) is 0.566. The number of rotatable bonds is 2. The molecule has 0 spiro atoms. The highest BCUT2D eigenvalue weighted by atomic mass is 16.5. The first-order valence-electron chi connectivity index (χ1n) is 3.66. The summed E-state index contributed by atoms with van der Waals surface area (Å²) in [4.78, 5) is 0. The average Bonchev–Trinajstić information content (AvgIpc) is 1.87. The number of methoxy groups -OCH3 is 1. The van der Waals surface area contributed by atoms with Crippen LogP contribution in [0.2, 0.25) is 0 Å². The first kappa shape index (κ1) is 9.88. The van der Waals surface area contributed by atoms with Crippen molar-refractivity contribution < 1.29 is 9.84 Å². The van der Waals surface area contributed by atoms with E-state index in [1.54, 1.807) is 7.11 Å². The molecule has 0 atom stereocenters. The molecule has 3 N–H and O–H groups in total. The van der Waals surface area contributed by atoms with Crippen molar-refractivity contribution >= 4 is 0 Å². The fourth-order valence-corrected chi connectivity index (χ4v) is 0.531. The zero-order chi connectivity index (χ0) is 7.82. The second-order valence-electron chi connectivity index (χ2n) is 2.41. The van der Waals surface area contributed by atoms with Crippen LogP contribution in [0.25, 0.3) is 0 Å². The largest absolute Gasteiger partial charge is 0.394 e. The molecule has 62 valence electrons. The fraction of sp³-hybridized carbons (Fsp3) is 1.00. The summed E-state index contributed by atoms with van der Waals surface area (Å²) >= 11 is 0. The fourth-order valence-electron chi connectivity index (χ4n) is 0.531. The molecule has 1 rings (SSSR count). The molecule has 3 heteroatoms. The van der Waals surface area contributed by atoms with E-state index < -0.39 is 0 Å². The zero-order valence-electron chi connectivity index (χ0n) is 6.55. The molecule has 0 aromatic carbocycles. The summed E-state index contributed by atoms with van der Waals surface area (Å²) in [7, 11) is 1.55. The standard InChI is InChI=1S/C4H9N.C3H8O2/c5-4-2-1-3-4;1-5-3-2-4/h4H,1-3,5H2;4H,2-3H2,1H3. The van der Waals surface area contributed by atoms with Crippen LogP contribution in [0, 0.1) is 0 Å². The van der Waals surface area contributed by atoms with Gasteiger partial charge in [0.15, 0.2) is 0 Å². The van der Waals surface area contributed by atoms with E-state index in [-0.39, 0.29) is 6.61 Å². The van der Waals surface area contributed by atoms with Crippen molar-refractivity contribution in [3.8, 4) is 0 Å². The number of hydrogen-bond acceptors (Lipinski definition) is 3. The molecular formula is C7H17NO2. The smallest absolute Gasteiger partial charge is 0.0693 e. The number of aliphatic hydroxyl groups is 1. The molecular weight excluding hydrogens is 130 g/mol. The maximum Gasteiger partial charge on any atom is 0.0693 e. The Balaban J connectivity index is 0.000000162. The topological polar surface area (TPSA) is 55.5 Å². The highest BCUT2D eigenvalue weighted by Gasteiger charge is 2.09. The Hall–Kier alpha value is -0.120. The Bertz CT molecular complexity index is 62.6. The maximum absolute atomic E-state index is 7.94. The number of aliphatic hydroxyl groups excluding tert-OH is 1. The highest BCUT2D eigenvalue weighted by molar-refractivity contribution is 4.70. The molecule has 0 radical (unpaired) electrons. The molecule has 0 heterocycles. The molecule has 10 heavy (non-hydrogen) atoms. The van der Waals surface area contributed by atoms with Gasteiger partial charge in [-0.25, -0.2) is 0 Å². The molecule has 0 saturated heterocycles. The first-order valence-corrected chi connectivity index (χ1v) is 3.66. The van der Waals surface area contributed by atoms with Gasteiger partial charge in [-0.3, -0.25) is 0 Å². The molecule has 0 bridgehead atoms. The van der Waals surface area contributed by atoms with Crippen LogP contribution in [-0.2, 0) is 4.74 Å². The predicted octanol–water partition coefficient (Wildman–Crippen LogP) is 0.123. The van der Waals surface area contributed by atoms with E-state index in [4.69, 9.17) is 10.8 Å². The van der Waals surface area contributed by atoms with E-state index >= 15 is 0 Å². The van der Waals surface area contributed by atoms with Gasteiger partial charge in [0, 0.05) is 13.2 Å². The van der Waals surface area contributed by atoms with Gasteiger partial charge in [-0.2, -0.15) is 0 Å². The third-order valence-electron chi connectivity index (χ3n) is 1.45. The van der Waals surface area contributed by atoms with Crippen LogP contribution >= 0.6 is 0 Å². The van der Waals surface area contributed by atoms with Gasteiger partial charge in [0.25, 0.3) is 0 Å². The van der Waals surface area contributed by atoms with Crippen molar-refractivity contribution in [1.82, 2.24) is 0 Å². The summed E-state index contributed by atoms with van der Waals surface area (Å²) in [5, 5.41) is 7.94. The molecule has 0 aromatic heterocycles. The third kappa shape index (κ3) is 6.01. The van der Waals surface area contributed by atoms with Gasteiger partial charge in [0.1, 0.15) is 0 Å². The molecule has 1 aliphatic carbocycles. The minimum Gasteiger partial charge on any atom is -0.394 e. The van der Waals surface area contributed by atoms with E-state index in [1.807, 2.05) is 0 Å². The van der Waals surface area contributed by atoms with Gasteiger partial charge >= 0.3 is 0 Å². The second-order valence-corrected chi connectivity index (χ2v) is 2.41. The van der Waals surface area contributed by atoms with Gasteiger partial charge in [0.05, 0.1) is 13.2 Å². The number of hydrogen-bond donors (Lipinski definition) is 2. The molecule has 1 aliphatic rings. The lowest BCUT2D eigenvalue weighted by atomic mass is 9.95. The summed E-state index contributed by atoms with van der Waals surface area (Å²) in [5.74, 6) is 0. The Morgan fingerprint density at radius 1 is 1.60 bits per heavy atom. The lowest BCUT2D eigenvalue weighted by Gasteiger charge is -2.18. The molecule has 3 nitrogen and oxygen atoms in total. The number of nitrogens with two attached hydrogens (primary N) is 1. The molecule has 0 aliphatic heterocycles. The van der Waals surface area contributed by atoms with Crippen LogP contribution in [-0.4, -0.2) is 31.5 Å². The van der Waals surface area contributed by atoms with E-state index in [0.29, 0.717) is 12.6 Å². The minimum absolute atomic E-state index is 0.122. The van der Waals surface area contributed by atoms with Crippen molar-refractivity contribution in [1.29, 1.82) is 0 Å². The van der Waals surface area contributed by atoms with Crippen LogP contribution in [0.4, 0.5) is 0 Å². The van der Waals surface area contributed by atoms with E-state index in [1.165, 1.54) is 19.3 Å². The Labute approximate surface area is 62.2 Å². The monoisotopic (exact) mass is 147 g/mol. The van der Waals surface area contributed by atoms with Gasteiger partial charge in [-0.15, -0.1) is 0 Å². The first-order chi connectivity index (χ1) is 4.81. The normalized spacial score (nSPS) is 17.1. The lowest BCUT2D eigenvalue weighted by molar-refractivity contribution is 0.135. The molecule has 0 amide bonds. The highest BCUT2D eigenvalue weighted by Crippen LogP contribution is 2.14. The Morgan fingerprint density at radius 2 is 2.10 bits per heavy atom. The summed E-state index contributed by atoms with van der Waals surface area (Å²) < 4.78 is 4.44. The summed E-state index contributed by atoms with van der Waals surface area (Å²) in [6.07, 6.45) is 3.89. The van der Waals surface area contributed by atoms with Crippen molar-refractivity contribution in [3.63, 3.8) is 0 Å². The maximum atomic E-state index is 7.94. The third-order valence-corrected chi connectivity index (χ3v) is 1.45. The van der Waals surface area contributed by atoms with E-state index in [0.717, 1.165) is 0 Å². The van der Waals surface area contributed by atoms with Crippen molar-refractivity contribution in [2.45, 2.75) is 25.3 Å². The van der Waals surface area contributed by atoms with Crippen molar-refractivity contribution in [3.05, 3.63) is 0 Å². The van der Waals surface area contributed by atoms with E-state index in [9.17, 15) is 0 Å². The second kappa shape index (κ2) is 6.99. The summed E-state index contributed by atoms with van der Waals surface area (Å²) in [6, 6.07) is 0.565. The summed E-state index contributed by atoms with van der Waals surface area (Å²) in [5.41, 5.74) is 5.38. The predicted molar refractivity (Wildman–Crippen MR) is 40.8 cm³/mol. The zero-order valence-corrected chi connectivity index (χ0v) is 6.55. The van der Waals surface area contributed by atoms with Crippen LogP contribution < -0.4 is 5.73 Å². The lowest BCUT2D eigenvalue weighted by Crippen LogP contribution is -2.27. The van der Waals surface area contributed by atoms with Gasteiger partial charge in [0.2, 0.25) is 0 Å². The Kier molecular flexibility index (Phi) is 6.91. The van der Waals surface area contributed by atoms with Gasteiger partial charge < -0.3 is 15.6 Å². The van der Waals surface area contributed by atoms with Crippen molar-refractivity contribution in [2.24, 2.45) is 5.73 Å². The average molecular weight is 147 g/mol. The van der Waals surface area contributed by atoms with Crippen molar-refractivity contribution in [2.75, 3.05) is 20.3 Å². The molecule has 0 unspecified atom stereocenters. The van der Waals surface area contributed by atoms with Crippen LogP contribution in [0.3, 0.4) is 0 Å². The van der Waals surface area contributed by atoms with Crippen LogP contribution in [0.15, 0.2) is 0 Å². The quantitative estimate of drug-likeness (QED) is 0.583. The molecule has 0 aromatic rings. The van der Waals surface area contributed by atoms with Gasteiger partial charge in [-0.1, -0.05) is 6.42 Å². The Morgan fingerprint density at radius 3 is 2.10 bits per heavy atom. The number of ether oxygens (including phenoxy) is 1. The van der Waals surface area contributed by atoms with Gasteiger partial charge in [-0.05, 0) is 12.8 Å². The molecule has 1 saturated carbocycles. The van der Waals surface area contributed by atoms with Crippen LogP contribution in [0.5, 0.6) is 0 Å². The SMILES string of the molecule is COCCO.NC1CCC1.